The highest BCUT2D eigenvalue weighted by atomic mass is 35.5. The van der Waals surface area contributed by atoms with Gasteiger partial charge in [-0.1, -0.05) is 11.6 Å². The molecule has 1 heterocycles. The summed E-state index contributed by atoms with van der Waals surface area (Å²) in [6.45, 7) is 5.29. The maximum atomic E-state index is 12.6. The minimum absolute atomic E-state index is 0.0666. The van der Waals surface area contributed by atoms with Gasteiger partial charge in [0.25, 0.3) is 5.91 Å². The third kappa shape index (κ3) is 4.19. The standard InChI is InChI=1S/C17H24ClN3O3/c1-10-8-14(15(24-3)9-13(10)18)20-17(23)11(2)21-6-4-12(5-7-21)16(19)22/h8-9,11-12H,4-7H2,1-3H3,(H2,19,22)(H,20,23)/p+1/t11-/m1/s1. The molecule has 2 amide bonds. The van der Waals surface area contributed by atoms with Crippen molar-refractivity contribution in [2.45, 2.75) is 32.7 Å². The fourth-order valence-corrected chi connectivity index (χ4v) is 3.22. The predicted molar refractivity (Wildman–Crippen MR) is 93.4 cm³/mol. The first-order valence-corrected chi connectivity index (χ1v) is 8.50. The molecular formula is C17H25ClN3O3+. The molecule has 0 spiro atoms. The largest absolute Gasteiger partial charge is 0.495 e. The molecule has 0 aromatic heterocycles. The van der Waals surface area contributed by atoms with Gasteiger partial charge in [-0.05, 0) is 25.5 Å². The Bertz CT molecular complexity index is 628. The van der Waals surface area contributed by atoms with Crippen molar-refractivity contribution in [3.8, 4) is 5.75 Å². The summed E-state index contributed by atoms with van der Waals surface area (Å²) in [5, 5.41) is 3.52. The maximum absolute atomic E-state index is 12.6. The first-order valence-electron chi connectivity index (χ1n) is 8.12. The molecule has 1 aromatic rings. The lowest BCUT2D eigenvalue weighted by molar-refractivity contribution is -0.919. The quantitative estimate of drug-likeness (QED) is 0.730. The van der Waals surface area contributed by atoms with E-state index in [1.807, 2.05) is 13.8 Å². The second-order valence-corrected chi connectivity index (χ2v) is 6.75. The van der Waals surface area contributed by atoms with E-state index in [2.05, 4.69) is 5.32 Å². The van der Waals surface area contributed by atoms with E-state index >= 15 is 0 Å². The van der Waals surface area contributed by atoms with E-state index in [-0.39, 0.29) is 23.8 Å². The molecule has 1 fully saturated rings. The molecule has 1 aliphatic heterocycles. The van der Waals surface area contributed by atoms with E-state index in [0.29, 0.717) is 16.5 Å². The highest BCUT2D eigenvalue weighted by Crippen LogP contribution is 2.30. The predicted octanol–water partition coefficient (Wildman–Crippen LogP) is 0.764. The molecule has 1 aliphatic rings. The molecule has 132 valence electrons. The number of carbonyl (C=O) groups is 2. The summed E-state index contributed by atoms with van der Waals surface area (Å²) in [6.07, 6.45) is 1.46. The summed E-state index contributed by atoms with van der Waals surface area (Å²) in [5.41, 5.74) is 6.84. The number of nitrogens with two attached hydrogens (primary N) is 1. The number of rotatable bonds is 5. The van der Waals surface area contributed by atoms with Crippen molar-refractivity contribution in [1.82, 2.24) is 0 Å². The van der Waals surface area contributed by atoms with Gasteiger partial charge in [-0.2, -0.15) is 0 Å². The van der Waals surface area contributed by atoms with Crippen molar-refractivity contribution in [1.29, 1.82) is 0 Å². The Labute approximate surface area is 147 Å². The third-order valence-electron chi connectivity index (χ3n) is 4.77. The highest BCUT2D eigenvalue weighted by Gasteiger charge is 2.32. The van der Waals surface area contributed by atoms with Crippen molar-refractivity contribution < 1.29 is 19.2 Å². The fourth-order valence-electron chi connectivity index (χ4n) is 3.06. The number of carbonyl (C=O) groups excluding carboxylic acids is 2. The highest BCUT2D eigenvalue weighted by molar-refractivity contribution is 6.31. The molecular weight excluding hydrogens is 330 g/mol. The number of quaternary nitrogens is 1. The number of halogens is 1. The van der Waals surface area contributed by atoms with Crippen LogP contribution in [0.15, 0.2) is 12.1 Å². The number of piperidine rings is 1. The van der Waals surface area contributed by atoms with Crippen LogP contribution in [-0.4, -0.2) is 38.1 Å². The summed E-state index contributed by atoms with van der Waals surface area (Å²) in [5.74, 6) is 0.145. The Hall–Kier alpha value is -1.79. The summed E-state index contributed by atoms with van der Waals surface area (Å²) < 4.78 is 5.29. The molecule has 7 heteroatoms. The zero-order chi connectivity index (χ0) is 17.9. The van der Waals surface area contributed by atoms with Gasteiger partial charge in [0.05, 0.1) is 25.9 Å². The van der Waals surface area contributed by atoms with Crippen LogP contribution >= 0.6 is 11.6 Å². The average molecular weight is 355 g/mol. The summed E-state index contributed by atoms with van der Waals surface area (Å²) in [4.78, 5) is 25.0. The van der Waals surface area contributed by atoms with Gasteiger partial charge < -0.3 is 20.7 Å². The fraction of sp³-hybridized carbons (Fsp3) is 0.529. The molecule has 0 radical (unpaired) electrons. The molecule has 6 nitrogen and oxygen atoms in total. The number of hydrogen-bond acceptors (Lipinski definition) is 3. The number of hydrogen-bond donors (Lipinski definition) is 3. The minimum atomic E-state index is -0.243. The zero-order valence-electron chi connectivity index (χ0n) is 14.3. The van der Waals surface area contributed by atoms with Gasteiger partial charge in [0.1, 0.15) is 5.75 Å². The monoisotopic (exact) mass is 354 g/mol. The number of ether oxygens (including phenoxy) is 1. The Kier molecular flexibility index (Phi) is 6.07. The summed E-state index contributed by atoms with van der Waals surface area (Å²) in [6, 6.07) is 3.28. The van der Waals surface area contributed by atoms with Gasteiger partial charge in [-0.3, -0.25) is 9.59 Å². The number of benzene rings is 1. The summed E-state index contributed by atoms with van der Waals surface area (Å²) in [7, 11) is 1.54. The SMILES string of the molecule is COc1cc(Cl)c(C)cc1NC(=O)[C@@H](C)[NH+]1CCC(C(N)=O)CC1. The van der Waals surface area contributed by atoms with Crippen LogP contribution in [0.3, 0.4) is 0 Å². The average Bonchev–Trinajstić information content (AvgIpc) is 2.57. The number of amides is 2. The number of likely N-dealkylation sites (tertiary alicyclic amines) is 1. The number of anilines is 1. The number of methoxy groups -OCH3 is 1. The number of primary amides is 1. The molecule has 1 atom stereocenters. The molecule has 4 N–H and O–H groups in total. The molecule has 24 heavy (non-hydrogen) atoms. The molecule has 2 rings (SSSR count). The van der Waals surface area contributed by atoms with E-state index in [0.717, 1.165) is 36.4 Å². The van der Waals surface area contributed by atoms with Crippen LogP contribution in [-0.2, 0) is 9.59 Å². The molecule has 1 saturated heterocycles. The second kappa shape index (κ2) is 7.85. The van der Waals surface area contributed by atoms with E-state index < -0.39 is 0 Å². The van der Waals surface area contributed by atoms with E-state index in [4.69, 9.17) is 22.1 Å². The van der Waals surface area contributed by atoms with Crippen molar-refractivity contribution in [2.24, 2.45) is 11.7 Å². The van der Waals surface area contributed by atoms with Crippen LogP contribution in [0.2, 0.25) is 5.02 Å². The normalized spacial score (nSPS) is 21.8. The Morgan fingerprint density at radius 1 is 1.38 bits per heavy atom. The second-order valence-electron chi connectivity index (χ2n) is 6.35. The van der Waals surface area contributed by atoms with E-state index in [1.54, 1.807) is 19.2 Å². The molecule has 0 aliphatic carbocycles. The first-order chi connectivity index (χ1) is 11.3. The van der Waals surface area contributed by atoms with Crippen LogP contribution < -0.4 is 20.7 Å². The van der Waals surface area contributed by atoms with Crippen LogP contribution in [0.1, 0.15) is 25.3 Å². The van der Waals surface area contributed by atoms with E-state index in [9.17, 15) is 9.59 Å². The zero-order valence-corrected chi connectivity index (χ0v) is 15.1. The Balaban J connectivity index is 2.02. The van der Waals surface area contributed by atoms with Gasteiger partial charge in [0.2, 0.25) is 5.91 Å². The van der Waals surface area contributed by atoms with Crippen LogP contribution in [0.5, 0.6) is 5.75 Å². The van der Waals surface area contributed by atoms with Gasteiger partial charge in [-0.15, -0.1) is 0 Å². The van der Waals surface area contributed by atoms with Gasteiger partial charge in [0, 0.05) is 29.8 Å². The maximum Gasteiger partial charge on any atom is 0.282 e. The van der Waals surface area contributed by atoms with E-state index in [1.165, 1.54) is 0 Å². The number of nitrogens with one attached hydrogen (secondary N) is 2. The third-order valence-corrected chi connectivity index (χ3v) is 5.18. The van der Waals surface area contributed by atoms with Gasteiger partial charge in [0.15, 0.2) is 6.04 Å². The molecule has 0 unspecified atom stereocenters. The van der Waals surface area contributed by atoms with Gasteiger partial charge in [-0.25, -0.2) is 0 Å². The van der Waals surface area contributed by atoms with Crippen molar-refractivity contribution in [2.75, 3.05) is 25.5 Å². The smallest absolute Gasteiger partial charge is 0.282 e. The molecule has 1 aromatic carbocycles. The topological polar surface area (TPSA) is 85.9 Å². The van der Waals surface area contributed by atoms with Crippen molar-refractivity contribution in [3.63, 3.8) is 0 Å². The Morgan fingerprint density at radius 3 is 2.54 bits per heavy atom. The molecule has 0 saturated carbocycles. The van der Waals surface area contributed by atoms with Crippen molar-refractivity contribution in [3.05, 3.63) is 22.7 Å². The lowest BCUT2D eigenvalue weighted by Gasteiger charge is -2.31. The number of aryl methyl sites for hydroxylation is 1. The van der Waals surface area contributed by atoms with Crippen LogP contribution in [0, 0.1) is 12.8 Å². The first kappa shape index (κ1) is 18.5. The van der Waals surface area contributed by atoms with Gasteiger partial charge >= 0.3 is 0 Å². The lowest BCUT2D eigenvalue weighted by atomic mass is 9.95. The Morgan fingerprint density at radius 2 is 2.00 bits per heavy atom. The molecule has 0 bridgehead atoms. The lowest BCUT2D eigenvalue weighted by Crippen LogP contribution is -3.17. The van der Waals surface area contributed by atoms with Crippen LogP contribution in [0.25, 0.3) is 0 Å². The van der Waals surface area contributed by atoms with Crippen molar-refractivity contribution >= 4 is 29.1 Å². The minimum Gasteiger partial charge on any atom is -0.495 e. The summed E-state index contributed by atoms with van der Waals surface area (Å²) >= 11 is 6.09. The van der Waals surface area contributed by atoms with Crippen LogP contribution in [0.4, 0.5) is 5.69 Å².